The van der Waals surface area contributed by atoms with Crippen molar-refractivity contribution >= 4 is 51.7 Å². The molecule has 0 saturated carbocycles. The van der Waals surface area contributed by atoms with Crippen molar-refractivity contribution in [2.45, 2.75) is 20.1 Å². The summed E-state index contributed by atoms with van der Waals surface area (Å²) in [7, 11) is 1.88. The number of non-ortho nitro benzene ring substituents is 1. The zero-order chi connectivity index (χ0) is 20.3. The minimum Gasteiger partial charge on any atom is -0.330 e. The third kappa shape index (κ3) is 4.93. The summed E-state index contributed by atoms with van der Waals surface area (Å²) in [5.41, 5.74) is 2.80. The van der Waals surface area contributed by atoms with E-state index in [1.165, 1.54) is 23.5 Å². The molecule has 0 radical (unpaired) electrons. The van der Waals surface area contributed by atoms with E-state index >= 15 is 0 Å². The Labute approximate surface area is 176 Å². The van der Waals surface area contributed by atoms with E-state index in [0.717, 1.165) is 11.3 Å². The Kier molecular flexibility index (Phi) is 6.40. The van der Waals surface area contributed by atoms with Crippen LogP contribution in [0.2, 0.25) is 5.02 Å². The van der Waals surface area contributed by atoms with Crippen LogP contribution in [0.3, 0.4) is 0 Å². The van der Waals surface area contributed by atoms with E-state index in [0.29, 0.717) is 32.9 Å². The van der Waals surface area contributed by atoms with Crippen molar-refractivity contribution in [1.29, 1.82) is 0 Å². The molecule has 7 nitrogen and oxygen atoms in total. The first-order valence-corrected chi connectivity index (χ1v) is 9.95. The molecule has 0 atom stereocenters. The molecule has 146 valence electrons. The van der Waals surface area contributed by atoms with Gasteiger partial charge in [-0.1, -0.05) is 41.1 Å². The van der Waals surface area contributed by atoms with Gasteiger partial charge >= 0.3 is 0 Å². The second-order valence-corrected chi connectivity index (χ2v) is 8.33. The Morgan fingerprint density at radius 3 is 2.82 bits per heavy atom. The largest absolute Gasteiger partial charge is 0.330 e. The Balaban J connectivity index is 1.71. The van der Waals surface area contributed by atoms with Crippen LogP contribution >= 0.6 is 35.2 Å². The Bertz CT molecular complexity index is 1070. The van der Waals surface area contributed by atoms with Gasteiger partial charge in [0.05, 0.1) is 11.6 Å². The van der Waals surface area contributed by atoms with Crippen molar-refractivity contribution < 1.29 is 4.92 Å². The second kappa shape index (κ2) is 8.78. The maximum Gasteiger partial charge on any atom is 0.269 e. The number of nitro groups is 1. The highest BCUT2D eigenvalue weighted by Crippen LogP contribution is 2.25. The van der Waals surface area contributed by atoms with Crippen LogP contribution in [0, 0.1) is 21.0 Å². The zero-order valence-corrected chi connectivity index (χ0v) is 17.6. The van der Waals surface area contributed by atoms with Crippen LogP contribution in [0.4, 0.5) is 16.5 Å². The third-order valence-corrected chi connectivity index (χ3v) is 5.64. The van der Waals surface area contributed by atoms with Gasteiger partial charge in [-0.2, -0.15) is 0 Å². The van der Waals surface area contributed by atoms with Crippen LogP contribution in [0.5, 0.6) is 0 Å². The highest BCUT2D eigenvalue weighted by Gasteiger charge is 2.13. The van der Waals surface area contributed by atoms with E-state index in [4.69, 9.17) is 23.8 Å². The summed E-state index contributed by atoms with van der Waals surface area (Å²) < 4.78 is 2.35. The zero-order valence-electron chi connectivity index (χ0n) is 15.3. The van der Waals surface area contributed by atoms with Crippen LogP contribution in [-0.4, -0.2) is 26.7 Å². The minimum absolute atomic E-state index is 0.0165. The van der Waals surface area contributed by atoms with Gasteiger partial charge in [-0.3, -0.25) is 15.0 Å². The highest BCUT2D eigenvalue weighted by atomic mass is 35.5. The Morgan fingerprint density at radius 1 is 1.36 bits per heavy atom. The van der Waals surface area contributed by atoms with Crippen molar-refractivity contribution in [3.8, 4) is 0 Å². The third-order valence-electron chi connectivity index (χ3n) is 4.05. The molecule has 28 heavy (non-hydrogen) atoms. The number of halogens is 1. The molecule has 0 bridgehead atoms. The molecule has 3 aromatic rings. The van der Waals surface area contributed by atoms with Gasteiger partial charge in [-0.05, 0) is 49.4 Å². The smallest absolute Gasteiger partial charge is 0.269 e. The SMILES string of the molecule is Cc1ccccc1Nc1nn(CN(C)Cc2cc([N+](=O)[O-])ccc2Cl)c(=S)s1. The minimum atomic E-state index is -0.431. The summed E-state index contributed by atoms with van der Waals surface area (Å²) >= 11 is 13.0. The topological polar surface area (TPSA) is 76.2 Å². The van der Waals surface area contributed by atoms with Gasteiger partial charge in [0.2, 0.25) is 5.13 Å². The van der Waals surface area contributed by atoms with Crippen molar-refractivity contribution in [3.63, 3.8) is 0 Å². The molecule has 2 aromatic carbocycles. The fourth-order valence-corrected chi connectivity index (χ4v) is 3.82. The van der Waals surface area contributed by atoms with Crippen molar-refractivity contribution in [1.82, 2.24) is 14.7 Å². The van der Waals surface area contributed by atoms with Crippen LogP contribution in [0.25, 0.3) is 0 Å². The van der Waals surface area contributed by atoms with E-state index in [2.05, 4.69) is 10.4 Å². The van der Waals surface area contributed by atoms with Crippen LogP contribution in [0.1, 0.15) is 11.1 Å². The molecule has 0 aliphatic heterocycles. The van der Waals surface area contributed by atoms with Crippen LogP contribution in [0.15, 0.2) is 42.5 Å². The molecule has 1 N–H and O–H groups in total. The number of hydrogen-bond acceptors (Lipinski definition) is 7. The van der Waals surface area contributed by atoms with E-state index in [-0.39, 0.29) is 5.69 Å². The first-order valence-electron chi connectivity index (χ1n) is 8.35. The molecule has 0 unspecified atom stereocenters. The van der Waals surface area contributed by atoms with Crippen LogP contribution < -0.4 is 5.32 Å². The van der Waals surface area contributed by atoms with Gasteiger partial charge in [0.25, 0.3) is 5.69 Å². The molecule has 0 amide bonds. The molecule has 10 heteroatoms. The number of hydrogen-bond donors (Lipinski definition) is 1. The maximum atomic E-state index is 11.0. The number of aromatic nitrogens is 2. The predicted octanol–water partition coefficient (Wildman–Crippen LogP) is 5.38. The van der Waals surface area contributed by atoms with Gasteiger partial charge in [0.15, 0.2) is 3.95 Å². The standard InChI is InChI=1S/C18H18ClN5O2S2/c1-12-5-3-4-6-16(12)20-17-21-23(18(27)28-17)11-22(2)10-13-9-14(24(25)26)7-8-15(13)19/h3-9H,10-11H2,1-2H3,(H,20,21). The lowest BCUT2D eigenvalue weighted by Gasteiger charge is -2.17. The number of nitrogens with zero attached hydrogens (tertiary/aromatic N) is 4. The molecule has 0 spiro atoms. The summed E-state index contributed by atoms with van der Waals surface area (Å²) in [6, 6.07) is 12.4. The predicted molar refractivity (Wildman–Crippen MR) is 115 cm³/mol. The molecule has 3 rings (SSSR count). The van der Waals surface area contributed by atoms with Crippen molar-refractivity contribution in [3.05, 3.63) is 72.7 Å². The second-order valence-electron chi connectivity index (χ2n) is 6.30. The lowest BCUT2D eigenvalue weighted by molar-refractivity contribution is -0.384. The summed E-state index contributed by atoms with van der Waals surface area (Å²) in [5.74, 6) is 0. The van der Waals surface area contributed by atoms with Crippen LogP contribution in [-0.2, 0) is 13.2 Å². The Morgan fingerprint density at radius 2 is 2.11 bits per heavy atom. The normalized spacial score (nSPS) is 11.0. The fourth-order valence-electron chi connectivity index (χ4n) is 2.64. The average molecular weight is 436 g/mol. The lowest BCUT2D eigenvalue weighted by atomic mass is 10.2. The van der Waals surface area contributed by atoms with Gasteiger partial charge in [-0.25, -0.2) is 4.68 Å². The molecule has 0 aliphatic rings. The first-order chi connectivity index (χ1) is 13.3. The maximum absolute atomic E-state index is 11.0. The molecular formula is C18H18ClN5O2S2. The summed E-state index contributed by atoms with van der Waals surface area (Å²) in [6.45, 7) is 2.89. The average Bonchev–Trinajstić information content (AvgIpc) is 2.97. The Hall–Kier alpha value is -2.33. The monoisotopic (exact) mass is 435 g/mol. The van der Waals surface area contributed by atoms with Gasteiger partial charge in [0, 0.05) is 29.4 Å². The fraction of sp³-hybridized carbons (Fsp3) is 0.222. The number of benzene rings is 2. The van der Waals surface area contributed by atoms with E-state index < -0.39 is 4.92 Å². The van der Waals surface area contributed by atoms with Gasteiger partial charge in [-0.15, -0.1) is 5.10 Å². The summed E-state index contributed by atoms with van der Waals surface area (Å²) in [5, 5.41) is 20.0. The van der Waals surface area contributed by atoms with Gasteiger partial charge < -0.3 is 5.32 Å². The van der Waals surface area contributed by atoms with E-state index in [9.17, 15) is 10.1 Å². The summed E-state index contributed by atoms with van der Waals surface area (Å²) in [4.78, 5) is 12.5. The number of para-hydroxylation sites is 1. The molecular weight excluding hydrogens is 418 g/mol. The molecule has 0 fully saturated rings. The summed E-state index contributed by atoms with van der Waals surface area (Å²) in [6.07, 6.45) is 0. The quantitative estimate of drug-likeness (QED) is 0.305. The lowest BCUT2D eigenvalue weighted by Crippen LogP contribution is -2.22. The highest BCUT2D eigenvalue weighted by molar-refractivity contribution is 7.73. The van der Waals surface area contributed by atoms with E-state index in [1.54, 1.807) is 10.7 Å². The molecule has 1 aromatic heterocycles. The first kappa shape index (κ1) is 20.4. The number of nitro benzene ring substituents is 1. The number of aryl methyl sites for hydroxylation is 1. The van der Waals surface area contributed by atoms with Gasteiger partial charge in [0.1, 0.15) is 0 Å². The molecule has 0 aliphatic carbocycles. The molecule has 1 heterocycles. The van der Waals surface area contributed by atoms with Crippen molar-refractivity contribution in [2.24, 2.45) is 0 Å². The number of rotatable bonds is 7. The van der Waals surface area contributed by atoms with Crippen molar-refractivity contribution in [2.75, 3.05) is 12.4 Å². The molecule has 0 saturated heterocycles. The van der Waals surface area contributed by atoms with E-state index in [1.807, 2.05) is 43.1 Å². The number of nitrogens with one attached hydrogen (secondary N) is 1. The number of anilines is 2.